The van der Waals surface area contributed by atoms with Crippen LogP contribution < -0.4 is 0 Å². The maximum Gasteiger partial charge on any atom is 0.338 e. The second-order valence-corrected chi connectivity index (χ2v) is 7.35. The SMILES string of the molecule is O=C(Cn1cnc2c(Br)nc(F)nc21)O[C@H]1CO[C@H](COC(=O)c2ccccc2)C1. The molecule has 0 N–H and O–H groups in total. The number of hydrogen-bond acceptors (Lipinski definition) is 8. The van der Waals surface area contributed by atoms with Gasteiger partial charge in [0, 0.05) is 6.42 Å². The van der Waals surface area contributed by atoms with Gasteiger partial charge in [-0.3, -0.25) is 4.79 Å². The van der Waals surface area contributed by atoms with Crippen molar-refractivity contribution in [3.63, 3.8) is 0 Å². The van der Waals surface area contributed by atoms with Crippen LogP contribution in [0.1, 0.15) is 16.8 Å². The van der Waals surface area contributed by atoms with Crippen LogP contribution in [0.15, 0.2) is 41.3 Å². The molecule has 11 heteroatoms. The highest BCUT2D eigenvalue weighted by atomic mass is 79.9. The Labute approximate surface area is 178 Å². The van der Waals surface area contributed by atoms with E-state index in [1.807, 2.05) is 6.07 Å². The van der Waals surface area contributed by atoms with Crippen molar-refractivity contribution < 1.29 is 28.2 Å². The van der Waals surface area contributed by atoms with Gasteiger partial charge in [0.25, 0.3) is 0 Å². The number of ether oxygens (including phenoxy) is 3. The van der Waals surface area contributed by atoms with E-state index in [1.165, 1.54) is 10.9 Å². The Morgan fingerprint density at radius 1 is 1.27 bits per heavy atom. The molecule has 3 heterocycles. The molecule has 1 aromatic carbocycles. The van der Waals surface area contributed by atoms with Crippen molar-refractivity contribution in [1.82, 2.24) is 19.5 Å². The Morgan fingerprint density at radius 3 is 2.87 bits per heavy atom. The minimum atomic E-state index is -0.929. The van der Waals surface area contributed by atoms with Crippen LogP contribution in [0.5, 0.6) is 0 Å². The van der Waals surface area contributed by atoms with Gasteiger partial charge < -0.3 is 18.8 Å². The molecule has 0 saturated carbocycles. The topological polar surface area (TPSA) is 105 Å². The zero-order valence-corrected chi connectivity index (χ0v) is 17.1. The zero-order valence-electron chi connectivity index (χ0n) is 15.5. The molecule has 1 saturated heterocycles. The summed E-state index contributed by atoms with van der Waals surface area (Å²) in [5.74, 6) is -0.980. The Kier molecular flexibility index (Phi) is 6.00. The smallest absolute Gasteiger partial charge is 0.338 e. The number of esters is 2. The van der Waals surface area contributed by atoms with Crippen molar-refractivity contribution in [3.05, 3.63) is 52.9 Å². The number of carbonyl (C=O) groups excluding carboxylic acids is 2. The van der Waals surface area contributed by atoms with Crippen LogP contribution in [-0.2, 0) is 25.5 Å². The third-order valence-corrected chi connectivity index (χ3v) is 5.00. The maximum atomic E-state index is 13.4. The first-order chi connectivity index (χ1) is 14.5. The van der Waals surface area contributed by atoms with Crippen LogP contribution in [0.3, 0.4) is 0 Å². The van der Waals surface area contributed by atoms with Gasteiger partial charge in [-0.2, -0.15) is 14.4 Å². The van der Waals surface area contributed by atoms with Crippen LogP contribution in [0.4, 0.5) is 4.39 Å². The number of aromatic nitrogens is 4. The number of rotatable bonds is 6. The Balaban J connectivity index is 1.27. The minimum absolute atomic E-state index is 0.0676. The van der Waals surface area contributed by atoms with Gasteiger partial charge >= 0.3 is 18.0 Å². The van der Waals surface area contributed by atoms with Crippen LogP contribution in [0, 0.1) is 6.08 Å². The van der Waals surface area contributed by atoms with E-state index >= 15 is 0 Å². The lowest BCUT2D eigenvalue weighted by atomic mass is 10.2. The molecule has 2 atom stereocenters. The number of fused-ring (bicyclic) bond motifs is 1. The summed E-state index contributed by atoms with van der Waals surface area (Å²) in [5.41, 5.74) is 0.978. The van der Waals surface area contributed by atoms with E-state index < -0.39 is 24.1 Å². The fourth-order valence-corrected chi connectivity index (χ4v) is 3.49. The van der Waals surface area contributed by atoms with Crippen LogP contribution in [0.25, 0.3) is 11.2 Å². The predicted molar refractivity (Wildman–Crippen MR) is 104 cm³/mol. The highest BCUT2D eigenvalue weighted by Crippen LogP contribution is 2.20. The molecule has 1 aliphatic heterocycles. The predicted octanol–water partition coefficient (Wildman–Crippen LogP) is 2.29. The molecule has 0 aliphatic carbocycles. The summed E-state index contributed by atoms with van der Waals surface area (Å²) in [6, 6.07) is 8.64. The highest BCUT2D eigenvalue weighted by Gasteiger charge is 2.29. The number of hydrogen-bond donors (Lipinski definition) is 0. The van der Waals surface area contributed by atoms with Crippen molar-refractivity contribution in [2.24, 2.45) is 0 Å². The minimum Gasteiger partial charge on any atom is -0.459 e. The maximum absolute atomic E-state index is 13.4. The van der Waals surface area contributed by atoms with Gasteiger partial charge in [-0.25, -0.2) is 9.78 Å². The van der Waals surface area contributed by atoms with Gasteiger partial charge in [-0.1, -0.05) is 18.2 Å². The standard InChI is InChI=1S/C19H16BrFN4O5/c20-16-15-17(24-19(21)23-16)25(10-22-15)7-14(26)30-13-6-12(28-9-13)8-29-18(27)11-4-2-1-3-5-11/h1-5,10,12-13H,6-9H2/t12-,13+/m0/s1. The Bertz CT molecular complexity index is 1080. The van der Waals surface area contributed by atoms with Gasteiger partial charge in [0.05, 0.1) is 24.6 Å². The fourth-order valence-electron chi connectivity index (χ4n) is 3.06. The molecular weight excluding hydrogens is 463 g/mol. The normalized spacial score (nSPS) is 18.5. The molecule has 1 fully saturated rings. The molecule has 2 aromatic heterocycles. The average molecular weight is 479 g/mol. The lowest BCUT2D eigenvalue weighted by molar-refractivity contribution is -0.149. The molecule has 3 aromatic rings. The van der Waals surface area contributed by atoms with E-state index in [2.05, 4.69) is 30.9 Å². The largest absolute Gasteiger partial charge is 0.459 e. The summed E-state index contributed by atoms with van der Waals surface area (Å²) in [4.78, 5) is 35.5. The number of halogens is 2. The van der Waals surface area contributed by atoms with Gasteiger partial charge in [-0.05, 0) is 28.1 Å². The quantitative estimate of drug-likeness (QED) is 0.301. The molecule has 9 nitrogen and oxygen atoms in total. The summed E-state index contributed by atoms with van der Waals surface area (Å²) < 4.78 is 31.2. The zero-order chi connectivity index (χ0) is 21.1. The average Bonchev–Trinajstić information content (AvgIpc) is 3.34. The molecule has 0 radical (unpaired) electrons. The van der Waals surface area contributed by atoms with E-state index in [0.717, 1.165) is 0 Å². The Morgan fingerprint density at radius 2 is 2.07 bits per heavy atom. The molecular formula is C19H16BrFN4O5. The van der Waals surface area contributed by atoms with Crippen LogP contribution in [0.2, 0.25) is 0 Å². The molecule has 4 rings (SSSR count). The summed E-state index contributed by atoms with van der Waals surface area (Å²) in [6.07, 6.45) is 0.0116. The van der Waals surface area contributed by atoms with Gasteiger partial charge in [0.15, 0.2) is 5.65 Å². The fraction of sp³-hybridized carbons (Fsp3) is 0.316. The monoisotopic (exact) mass is 478 g/mol. The summed E-state index contributed by atoms with van der Waals surface area (Å²) in [6.45, 7) is 0.0774. The van der Waals surface area contributed by atoms with Crippen molar-refractivity contribution in [2.45, 2.75) is 25.2 Å². The van der Waals surface area contributed by atoms with Crippen molar-refractivity contribution >= 4 is 39.0 Å². The summed E-state index contributed by atoms with van der Waals surface area (Å²) >= 11 is 3.11. The summed E-state index contributed by atoms with van der Waals surface area (Å²) in [5, 5.41) is 0. The number of carbonyl (C=O) groups is 2. The van der Waals surface area contributed by atoms with E-state index in [-0.39, 0.29) is 36.1 Å². The first kappa shape index (κ1) is 20.4. The highest BCUT2D eigenvalue weighted by molar-refractivity contribution is 9.10. The van der Waals surface area contributed by atoms with Gasteiger partial charge in [0.2, 0.25) is 0 Å². The number of benzene rings is 1. The van der Waals surface area contributed by atoms with Crippen LogP contribution >= 0.6 is 15.9 Å². The van der Waals surface area contributed by atoms with Crippen molar-refractivity contribution in [1.29, 1.82) is 0 Å². The molecule has 0 unspecified atom stereocenters. The van der Waals surface area contributed by atoms with Crippen LogP contribution in [-0.4, -0.2) is 56.9 Å². The third kappa shape index (κ3) is 4.62. The molecule has 30 heavy (non-hydrogen) atoms. The third-order valence-electron chi connectivity index (χ3n) is 4.45. The lowest BCUT2D eigenvalue weighted by Gasteiger charge is -2.12. The second kappa shape index (κ2) is 8.84. The van der Waals surface area contributed by atoms with E-state index in [4.69, 9.17) is 14.2 Å². The number of nitrogens with zero attached hydrogens (tertiary/aromatic N) is 4. The van der Waals surface area contributed by atoms with Crippen molar-refractivity contribution in [3.8, 4) is 0 Å². The van der Waals surface area contributed by atoms with E-state index in [9.17, 15) is 14.0 Å². The summed E-state index contributed by atoms with van der Waals surface area (Å²) in [7, 11) is 0. The van der Waals surface area contributed by atoms with E-state index in [1.54, 1.807) is 24.3 Å². The molecule has 156 valence electrons. The second-order valence-electron chi connectivity index (χ2n) is 6.60. The molecule has 1 aliphatic rings. The first-order valence-corrected chi connectivity index (χ1v) is 9.86. The Hall–Kier alpha value is -2.92. The first-order valence-electron chi connectivity index (χ1n) is 9.06. The molecule has 0 bridgehead atoms. The van der Waals surface area contributed by atoms with E-state index in [0.29, 0.717) is 17.5 Å². The molecule has 0 spiro atoms. The van der Waals surface area contributed by atoms with Gasteiger partial charge in [0.1, 0.15) is 29.4 Å². The van der Waals surface area contributed by atoms with Gasteiger partial charge in [-0.15, -0.1) is 0 Å². The number of imidazole rings is 1. The molecule has 0 amide bonds. The van der Waals surface area contributed by atoms with Crippen molar-refractivity contribution in [2.75, 3.05) is 13.2 Å². The lowest BCUT2D eigenvalue weighted by Crippen LogP contribution is -2.23.